The first-order chi connectivity index (χ1) is 16.8. The van der Waals surface area contributed by atoms with Gasteiger partial charge in [-0.2, -0.15) is 13.2 Å². The Morgan fingerprint density at radius 3 is 2.28 bits per heavy atom. The standard InChI is InChI=1S/C26H37F3N2O4S/c1-16(2)35-24-22(17(3)12-21(31-24)26(27,28)29)23(32)30-15-25(13-18-4-5-18)10-8-20(9-11-25)36(33,34)14-19-6-7-19/h12,16,18-20H,4-11,13-15H2,1-3H3,(H,30,32). The first-order valence-corrected chi connectivity index (χ1v) is 14.7. The lowest BCUT2D eigenvalue weighted by atomic mass is 9.70. The van der Waals surface area contributed by atoms with Crippen LogP contribution < -0.4 is 10.1 Å². The Morgan fingerprint density at radius 2 is 1.75 bits per heavy atom. The number of nitrogens with zero attached hydrogens (tertiary/aromatic N) is 1. The van der Waals surface area contributed by atoms with Gasteiger partial charge >= 0.3 is 6.18 Å². The minimum atomic E-state index is -4.65. The second-order valence-electron chi connectivity index (χ2n) is 11.5. The van der Waals surface area contributed by atoms with Crippen LogP contribution in [-0.2, 0) is 16.0 Å². The Morgan fingerprint density at radius 1 is 1.14 bits per heavy atom. The van der Waals surface area contributed by atoms with Crippen LogP contribution in [0.15, 0.2) is 6.07 Å². The summed E-state index contributed by atoms with van der Waals surface area (Å²) in [5, 5.41) is 2.65. The topological polar surface area (TPSA) is 85.4 Å². The molecule has 1 aromatic rings. The van der Waals surface area contributed by atoms with Crippen molar-refractivity contribution in [1.29, 1.82) is 0 Å². The number of nitrogens with one attached hydrogen (secondary N) is 1. The highest BCUT2D eigenvalue weighted by Gasteiger charge is 2.44. The van der Waals surface area contributed by atoms with E-state index in [1.807, 2.05) is 0 Å². The van der Waals surface area contributed by atoms with Gasteiger partial charge in [-0.1, -0.05) is 12.8 Å². The Balaban J connectivity index is 1.48. The monoisotopic (exact) mass is 530 g/mol. The molecule has 0 spiro atoms. The van der Waals surface area contributed by atoms with Crippen LogP contribution in [-0.4, -0.2) is 43.0 Å². The molecule has 10 heteroatoms. The molecule has 1 N–H and O–H groups in total. The summed E-state index contributed by atoms with van der Waals surface area (Å²) >= 11 is 0. The van der Waals surface area contributed by atoms with Gasteiger partial charge in [0.1, 0.15) is 11.3 Å². The summed E-state index contributed by atoms with van der Waals surface area (Å²) in [6.07, 6.45) is 2.76. The summed E-state index contributed by atoms with van der Waals surface area (Å²) in [5.41, 5.74) is -1.13. The average molecular weight is 531 g/mol. The van der Waals surface area contributed by atoms with Gasteiger partial charge in [-0.3, -0.25) is 4.79 Å². The largest absolute Gasteiger partial charge is 0.474 e. The predicted octanol–water partition coefficient (Wildman–Crippen LogP) is 5.48. The van der Waals surface area contributed by atoms with Crippen molar-refractivity contribution in [3.8, 4) is 5.88 Å². The van der Waals surface area contributed by atoms with Gasteiger partial charge in [0.05, 0.1) is 17.1 Å². The van der Waals surface area contributed by atoms with E-state index in [2.05, 4.69) is 10.3 Å². The van der Waals surface area contributed by atoms with Crippen molar-refractivity contribution in [3.63, 3.8) is 0 Å². The number of ether oxygens (including phenoxy) is 1. The van der Waals surface area contributed by atoms with Gasteiger partial charge in [0.25, 0.3) is 5.91 Å². The zero-order valence-electron chi connectivity index (χ0n) is 21.3. The molecule has 3 aliphatic carbocycles. The number of alkyl halides is 3. The average Bonchev–Trinajstić information content (AvgIpc) is 3.69. The molecule has 1 aromatic heterocycles. The van der Waals surface area contributed by atoms with E-state index in [0.29, 0.717) is 37.0 Å². The first-order valence-electron chi connectivity index (χ1n) is 13.0. The van der Waals surface area contributed by atoms with Crippen molar-refractivity contribution in [2.75, 3.05) is 12.3 Å². The van der Waals surface area contributed by atoms with Crippen molar-refractivity contribution < 1.29 is 31.1 Å². The van der Waals surface area contributed by atoms with E-state index in [4.69, 9.17) is 4.74 Å². The number of carbonyl (C=O) groups excluding carboxylic acids is 1. The zero-order valence-corrected chi connectivity index (χ0v) is 22.1. The molecule has 6 nitrogen and oxygen atoms in total. The molecule has 1 amide bonds. The maximum Gasteiger partial charge on any atom is 0.433 e. The van der Waals surface area contributed by atoms with Crippen LogP contribution in [0.1, 0.15) is 93.3 Å². The fourth-order valence-electron chi connectivity index (χ4n) is 5.43. The zero-order chi connectivity index (χ0) is 26.3. The number of carbonyl (C=O) groups is 1. The predicted molar refractivity (Wildman–Crippen MR) is 131 cm³/mol. The molecule has 3 saturated carbocycles. The van der Waals surface area contributed by atoms with Crippen molar-refractivity contribution >= 4 is 15.7 Å². The highest BCUT2D eigenvalue weighted by molar-refractivity contribution is 7.92. The van der Waals surface area contributed by atoms with Gasteiger partial charge in [-0.25, -0.2) is 13.4 Å². The Bertz CT molecular complexity index is 1070. The van der Waals surface area contributed by atoms with E-state index in [1.54, 1.807) is 13.8 Å². The van der Waals surface area contributed by atoms with E-state index in [1.165, 1.54) is 6.92 Å². The van der Waals surface area contributed by atoms with Crippen LogP contribution in [0.5, 0.6) is 5.88 Å². The molecule has 202 valence electrons. The first kappa shape index (κ1) is 27.2. The maximum atomic E-state index is 13.3. The minimum absolute atomic E-state index is 0.0129. The number of amides is 1. The normalized spacial score (nSPS) is 25.1. The van der Waals surface area contributed by atoms with Crippen molar-refractivity contribution in [2.24, 2.45) is 17.3 Å². The fourth-order valence-corrected chi connectivity index (χ4v) is 7.65. The molecule has 0 aromatic carbocycles. The molecule has 0 atom stereocenters. The lowest BCUT2D eigenvalue weighted by Gasteiger charge is -2.40. The number of hydrogen-bond donors (Lipinski definition) is 1. The molecule has 3 aliphatic rings. The number of aromatic nitrogens is 1. The quantitative estimate of drug-likeness (QED) is 0.433. The summed E-state index contributed by atoms with van der Waals surface area (Å²) in [6, 6.07) is 0.873. The fraction of sp³-hybridized carbons (Fsp3) is 0.769. The third kappa shape index (κ3) is 6.72. The lowest BCUT2D eigenvalue weighted by molar-refractivity contribution is -0.141. The van der Waals surface area contributed by atoms with Crippen LogP contribution in [0.4, 0.5) is 13.2 Å². The molecule has 3 fully saturated rings. The summed E-state index contributed by atoms with van der Waals surface area (Å²) in [6.45, 7) is 5.15. The van der Waals surface area contributed by atoms with E-state index in [0.717, 1.165) is 51.0 Å². The summed E-state index contributed by atoms with van der Waals surface area (Å²) < 4.78 is 71.1. The van der Waals surface area contributed by atoms with Crippen molar-refractivity contribution in [3.05, 3.63) is 22.9 Å². The molecular formula is C26H37F3N2O4S. The van der Waals surface area contributed by atoms with Gasteiger partial charge in [0.15, 0.2) is 9.84 Å². The molecule has 0 radical (unpaired) electrons. The van der Waals surface area contributed by atoms with Gasteiger partial charge in [-0.05, 0) is 94.6 Å². The SMILES string of the molecule is Cc1cc(C(F)(F)F)nc(OC(C)C)c1C(=O)NCC1(CC2CC2)CCC(S(=O)(=O)CC2CC2)CC1. The Hall–Kier alpha value is -1.84. The number of halogens is 3. The van der Waals surface area contributed by atoms with Crippen LogP contribution in [0.3, 0.4) is 0 Å². The smallest absolute Gasteiger partial charge is 0.433 e. The molecule has 1 heterocycles. The van der Waals surface area contributed by atoms with Crippen LogP contribution in [0, 0.1) is 24.2 Å². The third-order valence-electron chi connectivity index (χ3n) is 7.76. The summed E-state index contributed by atoms with van der Waals surface area (Å²) in [5.74, 6) is 0.387. The van der Waals surface area contributed by atoms with Gasteiger partial charge in [0, 0.05) is 6.54 Å². The maximum absolute atomic E-state index is 13.3. The van der Waals surface area contributed by atoms with Gasteiger partial charge in [-0.15, -0.1) is 0 Å². The highest BCUT2D eigenvalue weighted by atomic mass is 32.2. The van der Waals surface area contributed by atoms with Gasteiger partial charge in [0.2, 0.25) is 5.88 Å². The van der Waals surface area contributed by atoms with E-state index >= 15 is 0 Å². The minimum Gasteiger partial charge on any atom is -0.474 e. The van der Waals surface area contributed by atoms with Gasteiger partial charge < -0.3 is 10.1 Å². The molecule has 4 rings (SSSR count). The summed E-state index contributed by atoms with van der Waals surface area (Å²) in [7, 11) is -3.10. The Kier molecular flexibility index (Phi) is 7.66. The lowest BCUT2D eigenvalue weighted by Crippen LogP contribution is -2.43. The van der Waals surface area contributed by atoms with Crippen molar-refractivity contribution in [1.82, 2.24) is 10.3 Å². The number of aryl methyl sites for hydroxylation is 1. The molecule has 0 bridgehead atoms. The number of sulfone groups is 1. The van der Waals surface area contributed by atoms with E-state index in [9.17, 15) is 26.4 Å². The third-order valence-corrected chi connectivity index (χ3v) is 10.2. The second-order valence-corrected chi connectivity index (χ2v) is 13.8. The highest BCUT2D eigenvalue weighted by Crippen LogP contribution is 2.49. The molecule has 0 unspecified atom stereocenters. The van der Waals surface area contributed by atoms with Crippen LogP contribution in [0.25, 0.3) is 0 Å². The van der Waals surface area contributed by atoms with Crippen LogP contribution >= 0.6 is 0 Å². The number of pyridine rings is 1. The van der Waals surface area contributed by atoms with Crippen molar-refractivity contribution in [2.45, 2.75) is 96.1 Å². The molecule has 36 heavy (non-hydrogen) atoms. The molecule has 0 aliphatic heterocycles. The van der Waals surface area contributed by atoms with E-state index < -0.39 is 33.7 Å². The number of hydrogen-bond acceptors (Lipinski definition) is 5. The number of rotatable bonds is 10. The summed E-state index contributed by atoms with van der Waals surface area (Å²) in [4.78, 5) is 16.9. The molecule has 0 saturated heterocycles. The Labute approximate surface area is 211 Å². The molecular weight excluding hydrogens is 493 g/mol. The second kappa shape index (κ2) is 10.1. The van der Waals surface area contributed by atoms with E-state index in [-0.39, 0.29) is 27.7 Å². The van der Waals surface area contributed by atoms with Crippen LogP contribution in [0.2, 0.25) is 0 Å².